The van der Waals surface area contributed by atoms with Crippen molar-refractivity contribution in [1.82, 2.24) is 4.98 Å². The average Bonchev–Trinajstić information content (AvgIpc) is 3.21. The second-order valence-corrected chi connectivity index (χ2v) is 6.99. The molecule has 0 spiro atoms. The quantitative estimate of drug-likeness (QED) is 0.710. The molecule has 1 aromatic heterocycles. The number of ether oxygens (including phenoxy) is 2. The van der Waals surface area contributed by atoms with Crippen LogP contribution in [-0.2, 0) is 4.74 Å². The molecule has 0 aliphatic carbocycles. The lowest BCUT2D eigenvalue weighted by Crippen LogP contribution is -2.19. The van der Waals surface area contributed by atoms with E-state index in [1.54, 1.807) is 6.07 Å². The second-order valence-electron chi connectivity index (χ2n) is 6.99. The van der Waals surface area contributed by atoms with Crippen molar-refractivity contribution in [2.45, 2.75) is 25.9 Å². The minimum atomic E-state index is -0.354. The number of pyridine rings is 1. The molecule has 1 aliphatic rings. The molecule has 0 radical (unpaired) electrons. The first-order valence-corrected chi connectivity index (χ1v) is 9.38. The Morgan fingerprint density at radius 3 is 2.93 bits per heavy atom. The normalized spacial score (nSPS) is 16.2. The Kier molecular flexibility index (Phi) is 5.12. The molecule has 1 saturated heterocycles. The van der Waals surface area contributed by atoms with Gasteiger partial charge in [0.15, 0.2) is 0 Å². The maximum Gasteiger partial charge on any atom is 0.256 e. The van der Waals surface area contributed by atoms with Crippen molar-refractivity contribution in [2.24, 2.45) is 0 Å². The number of hydrogen-bond acceptors (Lipinski definition) is 4. The summed E-state index contributed by atoms with van der Waals surface area (Å²) in [4.78, 5) is 27.6. The summed E-state index contributed by atoms with van der Waals surface area (Å²) in [5.74, 6) is 0.242. The van der Waals surface area contributed by atoms with E-state index in [0.717, 1.165) is 25.0 Å². The number of carbonyl (C=O) groups excluding carboxylic acids is 1. The average molecular weight is 378 g/mol. The molecule has 1 amide bonds. The molecule has 0 unspecified atom stereocenters. The van der Waals surface area contributed by atoms with Crippen LogP contribution in [0.4, 0.5) is 5.69 Å². The van der Waals surface area contributed by atoms with Gasteiger partial charge >= 0.3 is 0 Å². The highest BCUT2D eigenvalue weighted by atomic mass is 16.5. The molecule has 3 aromatic rings. The summed E-state index contributed by atoms with van der Waals surface area (Å²) < 4.78 is 11.5. The molecule has 144 valence electrons. The zero-order valence-corrected chi connectivity index (χ0v) is 15.7. The van der Waals surface area contributed by atoms with Gasteiger partial charge in [0.1, 0.15) is 12.4 Å². The van der Waals surface area contributed by atoms with Crippen molar-refractivity contribution in [1.29, 1.82) is 0 Å². The van der Waals surface area contributed by atoms with E-state index in [4.69, 9.17) is 9.47 Å². The standard InChI is InChI=1S/C22H22N2O4/c1-14-8-9-19(20(11-14)28-13-15-5-4-10-27-15)24-22(26)17-12-21(25)23-18-7-3-2-6-16(17)18/h2-3,6-9,11-12,15H,4-5,10,13H2,1H3,(H,23,25)(H,24,26)/t15-/m0/s1. The van der Waals surface area contributed by atoms with Crippen LogP contribution < -0.4 is 15.6 Å². The molecular formula is C22H22N2O4. The maximum atomic E-state index is 12.9. The Hall–Kier alpha value is -3.12. The highest BCUT2D eigenvalue weighted by Gasteiger charge is 2.18. The number of rotatable bonds is 5. The topological polar surface area (TPSA) is 80.4 Å². The minimum Gasteiger partial charge on any atom is -0.489 e. The van der Waals surface area contributed by atoms with Gasteiger partial charge in [-0.3, -0.25) is 9.59 Å². The first-order chi connectivity index (χ1) is 13.6. The maximum absolute atomic E-state index is 12.9. The van der Waals surface area contributed by atoms with Crippen LogP contribution in [0.15, 0.2) is 53.3 Å². The van der Waals surface area contributed by atoms with Crippen LogP contribution in [0.2, 0.25) is 0 Å². The number of aryl methyl sites for hydroxylation is 1. The molecule has 6 nitrogen and oxygen atoms in total. The van der Waals surface area contributed by atoms with Crippen LogP contribution in [0.25, 0.3) is 10.9 Å². The molecule has 6 heteroatoms. The third kappa shape index (κ3) is 3.92. The zero-order chi connectivity index (χ0) is 19.5. The SMILES string of the molecule is Cc1ccc(NC(=O)c2cc(=O)[nH]c3ccccc23)c(OC[C@@H]2CCCO2)c1. The Bertz CT molecular complexity index is 1070. The van der Waals surface area contributed by atoms with Crippen molar-refractivity contribution in [3.63, 3.8) is 0 Å². The smallest absolute Gasteiger partial charge is 0.256 e. The fraction of sp³-hybridized carbons (Fsp3) is 0.273. The van der Waals surface area contributed by atoms with Crippen molar-refractivity contribution < 1.29 is 14.3 Å². The number of amides is 1. The van der Waals surface area contributed by atoms with Crippen LogP contribution in [0.1, 0.15) is 28.8 Å². The number of aromatic nitrogens is 1. The predicted molar refractivity (Wildman–Crippen MR) is 108 cm³/mol. The van der Waals surface area contributed by atoms with Crippen LogP contribution in [0.5, 0.6) is 5.75 Å². The van der Waals surface area contributed by atoms with Crippen molar-refractivity contribution >= 4 is 22.5 Å². The summed E-state index contributed by atoms with van der Waals surface area (Å²) in [6.45, 7) is 3.18. The molecular weight excluding hydrogens is 356 g/mol. The van der Waals surface area contributed by atoms with Gasteiger partial charge < -0.3 is 19.8 Å². The number of para-hydroxylation sites is 1. The van der Waals surface area contributed by atoms with Gasteiger partial charge in [0, 0.05) is 23.6 Å². The fourth-order valence-corrected chi connectivity index (χ4v) is 3.39. The molecule has 1 aliphatic heterocycles. The molecule has 4 rings (SSSR count). The zero-order valence-electron chi connectivity index (χ0n) is 15.7. The number of benzene rings is 2. The van der Waals surface area contributed by atoms with Gasteiger partial charge in [0.05, 0.1) is 17.4 Å². The third-order valence-electron chi connectivity index (χ3n) is 4.83. The highest BCUT2D eigenvalue weighted by Crippen LogP contribution is 2.28. The largest absolute Gasteiger partial charge is 0.489 e. The first kappa shape index (κ1) is 18.3. The lowest BCUT2D eigenvalue weighted by atomic mass is 10.1. The van der Waals surface area contributed by atoms with Gasteiger partial charge in [-0.1, -0.05) is 24.3 Å². The summed E-state index contributed by atoms with van der Waals surface area (Å²) >= 11 is 0. The van der Waals surface area contributed by atoms with Crippen molar-refractivity contribution in [3.05, 3.63) is 70.0 Å². The number of H-pyrrole nitrogens is 1. The van der Waals surface area contributed by atoms with Crippen molar-refractivity contribution in [2.75, 3.05) is 18.5 Å². The van der Waals surface area contributed by atoms with E-state index >= 15 is 0 Å². The van der Waals surface area contributed by atoms with Crippen LogP contribution in [-0.4, -0.2) is 30.2 Å². The molecule has 1 atom stereocenters. The summed E-state index contributed by atoms with van der Waals surface area (Å²) in [5.41, 5.74) is 2.23. The molecule has 0 saturated carbocycles. The molecule has 2 aromatic carbocycles. The van der Waals surface area contributed by atoms with E-state index in [2.05, 4.69) is 10.3 Å². The van der Waals surface area contributed by atoms with E-state index in [1.165, 1.54) is 6.07 Å². The Morgan fingerprint density at radius 1 is 1.25 bits per heavy atom. The Labute approximate surface area is 162 Å². The van der Waals surface area contributed by atoms with Gasteiger partial charge in [-0.15, -0.1) is 0 Å². The molecule has 1 fully saturated rings. The summed E-state index contributed by atoms with van der Waals surface area (Å²) in [7, 11) is 0. The number of aromatic amines is 1. The number of hydrogen-bond donors (Lipinski definition) is 2. The first-order valence-electron chi connectivity index (χ1n) is 9.38. The molecule has 28 heavy (non-hydrogen) atoms. The van der Waals surface area contributed by atoms with E-state index in [1.807, 2.05) is 43.3 Å². The van der Waals surface area contributed by atoms with Gasteiger partial charge in [-0.2, -0.15) is 0 Å². The van der Waals surface area contributed by atoms with Gasteiger partial charge in [0.2, 0.25) is 5.56 Å². The minimum absolute atomic E-state index is 0.0840. The van der Waals surface area contributed by atoms with E-state index in [9.17, 15) is 9.59 Å². The summed E-state index contributed by atoms with van der Waals surface area (Å²) in [6.07, 6.45) is 2.11. The van der Waals surface area contributed by atoms with Gasteiger partial charge in [-0.25, -0.2) is 0 Å². The predicted octanol–water partition coefficient (Wildman–Crippen LogP) is 3.65. The van der Waals surface area contributed by atoms with Crippen LogP contribution in [0.3, 0.4) is 0 Å². The molecule has 0 bridgehead atoms. The monoisotopic (exact) mass is 378 g/mol. The van der Waals surface area contributed by atoms with E-state index in [0.29, 0.717) is 34.5 Å². The molecule has 2 heterocycles. The van der Waals surface area contributed by atoms with Crippen LogP contribution in [0, 0.1) is 6.92 Å². The van der Waals surface area contributed by atoms with E-state index in [-0.39, 0.29) is 17.6 Å². The second kappa shape index (κ2) is 7.86. The Morgan fingerprint density at radius 2 is 2.11 bits per heavy atom. The fourth-order valence-electron chi connectivity index (χ4n) is 3.39. The van der Waals surface area contributed by atoms with E-state index < -0.39 is 0 Å². The summed E-state index contributed by atoms with van der Waals surface area (Å²) in [5, 5.41) is 3.58. The van der Waals surface area contributed by atoms with Gasteiger partial charge in [0.25, 0.3) is 5.91 Å². The summed E-state index contributed by atoms with van der Waals surface area (Å²) in [6, 6.07) is 14.2. The number of anilines is 1. The Balaban J connectivity index is 1.60. The van der Waals surface area contributed by atoms with Gasteiger partial charge in [-0.05, 0) is 43.5 Å². The lowest BCUT2D eigenvalue weighted by molar-refractivity contribution is 0.0681. The number of nitrogens with one attached hydrogen (secondary N) is 2. The lowest BCUT2D eigenvalue weighted by Gasteiger charge is -2.16. The number of fused-ring (bicyclic) bond motifs is 1. The third-order valence-corrected chi connectivity index (χ3v) is 4.83. The molecule has 2 N–H and O–H groups in total. The van der Waals surface area contributed by atoms with Crippen molar-refractivity contribution in [3.8, 4) is 5.75 Å². The van der Waals surface area contributed by atoms with Crippen LogP contribution >= 0.6 is 0 Å². The highest BCUT2D eigenvalue weighted by molar-refractivity contribution is 6.12. The number of carbonyl (C=O) groups is 1.